The van der Waals surface area contributed by atoms with Gasteiger partial charge in [0, 0.05) is 29.8 Å². The van der Waals surface area contributed by atoms with Gasteiger partial charge >= 0.3 is 5.97 Å². The first kappa shape index (κ1) is 29.8. The van der Waals surface area contributed by atoms with Crippen LogP contribution in [0.15, 0.2) is 41.2 Å². The lowest BCUT2D eigenvalue weighted by atomic mass is 10.1. The van der Waals surface area contributed by atoms with E-state index in [0.717, 1.165) is 5.69 Å². The number of Topliss-reactive ketones (excluding diaryl/α,β-unsaturated/α-hetero) is 1. The summed E-state index contributed by atoms with van der Waals surface area (Å²) in [7, 11) is 4.18. The van der Waals surface area contributed by atoms with E-state index in [4.69, 9.17) is 9.47 Å². The molecule has 0 unspecified atom stereocenters. The number of benzene rings is 2. The van der Waals surface area contributed by atoms with Crippen molar-refractivity contribution in [3.05, 3.63) is 80.8 Å². The third kappa shape index (κ3) is 9.53. The maximum atomic E-state index is 13.7. The highest BCUT2D eigenvalue weighted by Crippen LogP contribution is 2.18. The molecule has 2 aromatic carbocycles. The van der Waals surface area contributed by atoms with E-state index in [1.807, 2.05) is 0 Å². The topological polar surface area (TPSA) is 128 Å². The van der Waals surface area contributed by atoms with Crippen LogP contribution in [0.5, 0.6) is 11.5 Å². The van der Waals surface area contributed by atoms with Gasteiger partial charge in [0.05, 0.1) is 26.9 Å². The van der Waals surface area contributed by atoms with Crippen LogP contribution in [-0.2, 0) is 20.7 Å². The van der Waals surface area contributed by atoms with Crippen molar-refractivity contribution in [1.29, 1.82) is 0 Å². The number of aromatic nitrogens is 2. The smallest absolute Gasteiger partial charge is 0.313 e. The maximum Gasteiger partial charge on any atom is 0.313 e. The number of ketones is 1. The van der Waals surface area contributed by atoms with E-state index < -0.39 is 11.8 Å². The molecule has 9 nitrogen and oxygen atoms in total. The van der Waals surface area contributed by atoms with Gasteiger partial charge in [-0.25, -0.2) is 8.78 Å². The van der Waals surface area contributed by atoms with Crippen LogP contribution >= 0.6 is 0 Å². The maximum absolute atomic E-state index is 13.7. The Morgan fingerprint density at radius 3 is 1.92 bits per heavy atom. The first-order chi connectivity index (χ1) is 17.1. The van der Waals surface area contributed by atoms with E-state index in [1.165, 1.54) is 52.5 Å². The van der Waals surface area contributed by atoms with Gasteiger partial charge in [-0.05, 0) is 37.6 Å². The van der Waals surface area contributed by atoms with Crippen molar-refractivity contribution in [1.82, 2.24) is 10.2 Å². The van der Waals surface area contributed by atoms with Crippen molar-refractivity contribution >= 4 is 18.0 Å². The van der Waals surface area contributed by atoms with Crippen molar-refractivity contribution in [3.63, 3.8) is 0 Å². The molecule has 3 rings (SSSR count). The number of rotatable bonds is 7. The van der Waals surface area contributed by atoms with Crippen molar-refractivity contribution in [3.8, 4) is 11.5 Å². The third-order valence-electron chi connectivity index (χ3n) is 4.67. The zero-order valence-corrected chi connectivity index (χ0v) is 20.6. The van der Waals surface area contributed by atoms with Crippen LogP contribution in [0.4, 0.5) is 8.78 Å². The molecule has 11 heteroatoms. The molecule has 2 N–H and O–H groups in total. The molecule has 0 aliphatic carbocycles. The Morgan fingerprint density at radius 1 is 0.944 bits per heavy atom. The first-order valence-electron chi connectivity index (χ1n) is 10.5. The fraction of sp³-hybridized carbons (Fsp3) is 0.280. The molecular weight excluding hydrogens is 478 g/mol. The number of ether oxygens (including phenoxy) is 3. The lowest BCUT2D eigenvalue weighted by molar-refractivity contribution is -0.142. The molecule has 0 aliphatic rings. The number of hydrogen-bond acceptors (Lipinski definition) is 7. The summed E-state index contributed by atoms with van der Waals surface area (Å²) in [5.41, 5.74) is 1.59. The zero-order chi connectivity index (χ0) is 27.3. The molecule has 3 aromatic rings. The Bertz CT molecular complexity index is 1240. The number of esters is 1. The predicted molar refractivity (Wildman–Crippen MR) is 128 cm³/mol. The van der Waals surface area contributed by atoms with Crippen LogP contribution in [-0.4, -0.2) is 49.6 Å². The molecule has 0 bridgehead atoms. The Hall–Kier alpha value is -4.28. The minimum atomic E-state index is -0.556. The Balaban J connectivity index is 0.000000295. The molecule has 0 spiro atoms. The number of aldehydes is 1. The van der Waals surface area contributed by atoms with Crippen molar-refractivity contribution in [2.75, 3.05) is 21.3 Å². The van der Waals surface area contributed by atoms with Crippen LogP contribution in [0.2, 0.25) is 0 Å². The van der Waals surface area contributed by atoms with Crippen LogP contribution in [0.25, 0.3) is 0 Å². The second-order valence-corrected chi connectivity index (χ2v) is 7.28. The second-order valence-electron chi connectivity index (χ2n) is 7.28. The number of methoxy groups -OCH3 is 3. The summed E-state index contributed by atoms with van der Waals surface area (Å²) < 4.78 is 40.3. The third-order valence-corrected chi connectivity index (χ3v) is 4.67. The number of halogens is 2. The van der Waals surface area contributed by atoms with Crippen molar-refractivity contribution in [2.45, 2.75) is 26.7 Å². The normalized spacial score (nSPS) is 9.64. The number of carbonyl (C=O) groups excluding carboxylic acids is 3. The largest absolute Gasteiger partial charge is 0.497 e. The van der Waals surface area contributed by atoms with Crippen LogP contribution in [0, 0.1) is 18.6 Å². The van der Waals surface area contributed by atoms with Gasteiger partial charge in [-0.3, -0.25) is 24.3 Å². The fourth-order valence-electron chi connectivity index (χ4n) is 2.68. The average Bonchev–Trinajstić information content (AvgIpc) is 3.17. The molecule has 0 amide bonds. The van der Waals surface area contributed by atoms with Gasteiger partial charge in [0.2, 0.25) is 0 Å². The highest BCUT2D eigenvalue weighted by molar-refractivity contribution is 5.93. The number of nitrogens with one attached hydrogen (secondary N) is 2. The van der Waals surface area contributed by atoms with Gasteiger partial charge in [0.1, 0.15) is 35.3 Å². The molecule has 0 radical (unpaired) electrons. The van der Waals surface area contributed by atoms with E-state index in [2.05, 4.69) is 14.9 Å². The summed E-state index contributed by atoms with van der Waals surface area (Å²) >= 11 is 0. The quantitative estimate of drug-likeness (QED) is 0.285. The van der Waals surface area contributed by atoms with Crippen LogP contribution < -0.4 is 15.0 Å². The predicted octanol–water partition coefficient (Wildman–Crippen LogP) is 3.54. The van der Waals surface area contributed by atoms with Gasteiger partial charge in [-0.1, -0.05) is 6.07 Å². The minimum absolute atomic E-state index is 0.0470. The first-order valence-corrected chi connectivity index (χ1v) is 10.5. The number of aryl methyl sites for hydroxylation is 1. The highest BCUT2D eigenvalue weighted by atomic mass is 19.1. The lowest BCUT2D eigenvalue weighted by Crippen LogP contribution is -2.07. The van der Waals surface area contributed by atoms with Crippen molar-refractivity contribution < 1.29 is 37.4 Å². The average molecular weight is 507 g/mol. The van der Waals surface area contributed by atoms with Gasteiger partial charge in [0.15, 0.2) is 6.29 Å². The summed E-state index contributed by atoms with van der Waals surface area (Å²) in [6.45, 7) is 3.12. The fourth-order valence-corrected chi connectivity index (χ4v) is 2.68. The van der Waals surface area contributed by atoms with Crippen LogP contribution in [0.1, 0.15) is 40.5 Å². The molecule has 1 aromatic heterocycles. The van der Waals surface area contributed by atoms with E-state index in [1.54, 1.807) is 19.1 Å². The number of H-pyrrole nitrogens is 2. The minimum Gasteiger partial charge on any atom is -0.497 e. The molecule has 0 aliphatic heterocycles. The lowest BCUT2D eigenvalue weighted by Gasteiger charge is -2.04. The Morgan fingerprint density at radius 2 is 1.53 bits per heavy atom. The molecule has 0 saturated heterocycles. The molecular formula is C25H28F2N2O7. The van der Waals surface area contributed by atoms with E-state index in [9.17, 15) is 28.0 Å². The monoisotopic (exact) mass is 506 g/mol. The van der Waals surface area contributed by atoms with Crippen molar-refractivity contribution in [2.24, 2.45) is 0 Å². The van der Waals surface area contributed by atoms with E-state index in [0.29, 0.717) is 28.9 Å². The molecule has 194 valence electrons. The second kappa shape index (κ2) is 14.9. The molecule has 1 heterocycles. The molecule has 0 fully saturated rings. The van der Waals surface area contributed by atoms with Gasteiger partial charge in [-0.2, -0.15) is 0 Å². The number of aromatic amines is 2. The van der Waals surface area contributed by atoms with Gasteiger partial charge in [0.25, 0.3) is 5.56 Å². The summed E-state index contributed by atoms with van der Waals surface area (Å²) in [6.07, 6.45) is 0.617. The standard InChI is InChI=1S/C12H13FN2O2.C8H7FO2.C5H8O3/c1-7-10(12(16)15-14-7)5-8-3-4-9(17-2)6-11(8)13;1-11-7-3-2-6(5-10)8(9)4-7;1-4(6)3-5(7)8-2/h3-4,6H,5H2,1-2H3,(H2,14,15,16);2-5H,1H3;3H2,1-2H3. The highest BCUT2D eigenvalue weighted by Gasteiger charge is 2.11. The summed E-state index contributed by atoms with van der Waals surface area (Å²) in [5.74, 6) is -0.697. The zero-order valence-electron chi connectivity index (χ0n) is 20.6. The number of hydrogen-bond donors (Lipinski definition) is 2. The van der Waals surface area contributed by atoms with Gasteiger partial charge in [-0.15, -0.1) is 0 Å². The Labute approximate surface area is 206 Å². The molecule has 0 atom stereocenters. The van der Waals surface area contributed by atoms with Crippen LogP contribution in [0.3, 0.4) is 0 Å². The Kier molecular flexibility index (Phi) is 12.3. The SMILES string of the molecule is COC(=O)CC(C)=O.COc1ccc(C=O)c(F)c1.COc1ccc(Cc2c(C)[nH][nH]c2=O)c(F)c1. The molecule has 0 saturated carbocycles. The summed E-state index contributed by atoms with van der Waals surface area (Å²) in [5, 5.41) is 5.19. The number of carbonyl (C=O) groups is 3. The summed E-state index contributed by atoms with van der Waals surface area (Å²) in [6, 6.07) is 8.69. The van der Waals surface area contributed by atoms with E-state index in [-0.39, 0.29) is 35.6 Å². The molecule has 36 heavy (non-hydrogen) atoms. The van der Waals surface area contributed by atoms with Gasteiger partial charge < -0.3 is 19.3 Å². The summed E-state index contributed by atoms with van der Waals surface area (Å²) in [4.78, 5) is 41.9. The van der Waals surface area contributed by atoms with E-state index >= 15 is 0 Å².